The summed E-state index contributed by atoms with van der Waals surface area (Å²) in [6.07, 6.45) is 0.539. The summed E-state index contributed by atoms with van der Waals surface area (Å²) in [5.74, 6) is 0.131. The van der Waals surface area contributed by atoms with Gasteiger partial charge in [0.25, 0.3) is 0 Å². The minimum Gasteiger partial charge on any atom is -0.467 e. The highest BCUT2D eigenvalue weighted by Gasteiger charge is 2.19. The van der Waals surface area contributed by atoms with Crippen molar-refractivity contribution in [3.8, 4) is 0 Å². The van der Waals surface area contributed by atoms with Crippen LogP contribution in [-0.4, -0.2) is 22.7 Å². The zero-order valence-corrected chi connectivity index (χ0v) is 10.9. The highest BCUT2D eigenvalue weighted by molar-refractivity contribution is 5.77. The zero-order valence-electron chi connectivity index (χ0n) is 10.9. The first-order valence-electron chi connectivity index (χ1n) is 6.37. The van der Waals surface area contributed by atoms with Crippen molar-refractivity contribution < 1.29 is 19.4 Å². The van der Waals surface area contributed by atoms with Crippen LogP contribution in [-0.2, 0) is 4.79 Å². The molecule has 5 nitrogen and oxygen atoms in total. The number of furan rings is 1. The van der Waals surface area contributed by atoms with E-state index in [0.717, 1.165) is 0 Å². The summed E-state index contributed by atoms with van der Waals surface area (Å²) >= 11 is 0. The topological polar surface area (TPSA) is 82.7 Å². The van der Waals surface area contributed by atoms with Crippen LogP contribution in [0, 0.1) is 0 Å². The van der Waals surface area contributed by atoms with Crippen molar-refractivity contribution in [2.24, 2.45) is 0 Å². The lowest BCUT2D eigenvalue weighted by molar-refractivity contribution is -0.124. The molecule has 0 saturated heterocycles. The van der Waals surface area contributed by atoms with E-state index in [9.17, 15) is 15.0 Å². The Morgan fingerprint density at radius 1 is 1.20 bits per heavy atom. The van der Waals surface area contributed by atoms with Crippen molar-refractivity contribution in [2.75, 3.05) is 6.61 Å². The van der Waals surface area contributed by atoms with Crippen LogP contribution in [0.25, 0.3) is 0 Å². The monoisotopic (exact) mass is 275 g/mol. The van der Waals surface area contributed by atoms with E-state index in [-0.39, 0.29) is 18.9 Å². The molecular formula is C15H17NO4. The maximum Gasteiger partial charge on any atom is 0.223 e. The molecule has 0 saturated carbocycles. The standard InChI is InChI=1S/C15H17NO4/c17-10-12(14-7-4-8-20-14)16-15(19)9-13(18)11-5-2-1-3-6-11/h1-8,12-13,17-18H,9-10H2,(H,16,19). The molecule has 2 unspecified atom stereocenters. The van der Waals surface area contributed by atoms with E-state index < -0.39 is 12.1 Å². The largest absolute Gasteiger partial charge is 0.467 e. The van der Waals surface area contributed by atoms with Gasteiger partial charge in [-0.05, 0) is 17.7 Å². The molecule has 5 heteroatoms. The molecule has 0 spiro atoms. The molecule has 0 fully saturated rings. The van der Waals surface area contributed by atoms with Gasteiger partial charge in [0.05, 0.1) is 25.4 Å². The Hall–Kier alpha value is -2.11. The van der Waals surface area contributed by atoms with E-state index >= 15 is 0 Å². The first-order valence-corrected chi connectivity index (χ1v) is 6.37. The lowest BCUT2D eigenvalue weighted by Crippen LogP contribution is -2.31. The molecule has 0 bridgehead atoms. The van der Waals surface area contributed by atoms with Gasteiger partial charge in [0.1, 0.15) is 11.8 Å². The number of rotatable bonds is 6. The summed E-state index contributed by atoms with van der Waals surface area (Å²) < 4.78 is 5.14. The molecule has 2 rings (SSSR count). The van der Waals surface area contributed by atoms with Crippen LogP contribution >= 0.6 is 0 Å². The fourth-order valence-corrected chi connectivity index (χ4v) is 1.92. The maximum absolute atomic E-state index is 11.9. The van der Waals surface area contributed by atoms with Crippen LogP contribution in [0.3, 0.4) is 0 Å². The van der Waals surface area contributed by atoms with E-state index in [1.807, 2.05) is 6.07 Å². The summed E-state index contributed by atoms with van der Waals surface area (Å²) in [6, 6.07) is 11.7. The molecule has 0 aliphatic carbocycles. The first-order chi connectivity index (χ1) is 9.70. The number of aliphatic hydroxyl groups is 2. The quantitative estimate of drug-likeness (QED) is 0.747. The maximum atomic E-state index is 11.9. The molecule has 20 heavy (non-hydrogen) atoms. The minimum absolute atomic E-state index is 0.0682. The lowest BCUT2D eigenvalue weighted by Gasteiger charge is -2.16. The third kappa shape index (κ3) is 3.69. The highest BCUT2D eigenvalue weighted by Crippen LogP contribution is 2.17. The van der Waals surface area contributed by atoms with Gasteiger partial charge in [0, 0.05) is 0 Å². The second-order valence-electron chi connectivity index (χ2n) is 4.45. The van der Waals surface area contributed by atoms with Gasteiger partial charge in [-0.2, -0.15) is 0 Å². The molecule has 2 aromatic rings. The molecule has 0 aliphatic heterocycles. The molecule has 1 aromatic heterocycles. The zero-order chi connectivity index (χ0) is 14.4. The third-order valence-electron chi connectivity index (χ3n) is 2.97. The van der Waals surface area contributed by atoms with Crippen molar-refractivity contribution in [1.29, 1.82) is 0 Å². The van der Waals surface area contributed by atoms with Crippen molar-refractivity contribution in [3.05, 3.63) is 60.1 Å². The van der Waals surface area contributed by atoms with Gasteiger partial charge in [-0.1, -0.05) is 30.3 Å². The lowest BCUT2D eigenvalue weighted by atomic mass is 10.1. The number of nitrogens with one attached hydrogen (secondary N) is 1. The fraction of sp³-hybridized carbons (Fsp3) is 0.267. The SMILES string of the molecule is O=C(CC(O)c1ccccc1)NC(CO)c1ccco1. The van der Waals surface area contributed by atoms with Crippen molar-refractivity contribution in [2.45, 2.75) is 18.6 Å². The molecular weight excluding hydrogens is 258 g/mol. The molecule has 0 radical (unpaired) electrons. The van der Waals surface area contributed by atoms with E-state index in [1.54, 1.807) is 36.4 Å². The Bertz CT molecular complexity index is 524. The molecule has 1 aromatic carbocycles. The van der Waals surface area contributed by atoms with Gasteiger partial charge in [-0.25, -0.2) is 0 Å². The smallest absolute Gasteiger partial charge is 0.223 e. The summed E-state index contributed by atoms with van der Waals surface area (Å²) in [7, 11) is 0. The number of hydrogen-bond acceptors (Lipinski definition) is 4. The molecule has 0 aliphatic rings. The number of amides is 1. The van der Waals surface area contributed by atoms with Gasteiger partial charge in [-0.3, -0.25) is 4.79 Å². The second kappa shape index (κ2) is 6.88. The first kappa shape index (κ1) is 14.3. The average molecular weight is 275 g/mol. The highest BCUT2D eigenvalue weighted by atomic mass is 16.3. The average Bonchev–Trinajstić information content (AvgIpc) is 2.99. The predicted octanol–water partition coefficient (Wildman–Crippen LogP) is 1.55. The summed E-state index contributed by atoms with van der Waals surface area (Å²) in [5.41, 5.74) is 0.682. The van der Waals surface area contributed by atoms with Crippen LogP contribution < -0.4 is 5.32 Å². The number of benzene rings is 1. The van der Waals surface area contributed by atoms with E-state index in [4.69, 9.17) is 4.42 Å². The van der Waals surface area contributed by atoms with Crippen molar-refractivity contribution in [3.63, 3.8) is 0 Å². The normalized spacial score (nSPS) is 13.7. The number of aliphatic hydroxyl groups excluding tert-OH is 2. The van der Waals surface area contributed by atoms with Gasteiger partial charge < -0.3 is 19.9 Å². The van der Waals surface area contributed by atoms with E-state index in [2.05, 4.69) is 5.32 Å². The van der Waals surface area contributed by atoms with Crippen molar-refractivity contribution in [1.82, 2.24) is 5.32 Å². The Balaban J connectivity index is 1.92. The Morgan fingerprint density at radius 2 is 1.95 bits per heavy atom. The Morgan fingerprint density at radius 3 is 2.55 bits per heavy atom. The van der Waals surface area contributed by atoms with Crippen LogP contribution in [0.15, 0.2) is 53.1 Å². The third-order valence-corrected chi connectivity index (χ3v) is 2.97. The molecule has 2 atom stereocenters. The van der Waals surface area contributed by atoms with E-state index in [0.29, 0.717) is 11.3 Å². The van der Waals surface area contributed by atoms with Crippen LogP contribution in [0.2, 0.25) is 0 Å². The second-order valence-corrected chi connectivity index (χ2v) is 4.45. The number of carbonyl (C=O) groups is 1. The predicted molar refractivity (Wildman–Crippen MR) is 72.7 cm³/mol. The minimum atomic E-state index is -0.868. The summed E-state index contributed by atoms with van der Waals surface area (Å²) in [4.78, 5) is 11.9. The van der Waals surface area contributed by atoms with Gasteiger partial charge in [-0.15, -0.1) is 0 Å². The summed E-state index contributed by atoms with van der Waals surface area (Å²) in [6.45, 7) is -0.263. The van der Waals surface area contributed by atoms with Crippen LogP contribution in [0.1, 0.15) is 29.9 Å². The molecule has 1 heterocycles. The van der Waals surface area contributed by atoms with Gasteiger partial charge in [0.15, 0.2) is 0 Å². The van der Waals surface area contributed by atoms with Gasteiger partial charge >= 0.3 is 0 Å². The number of carbonyl (C=O) groups excluding carboxylic acids is 1. The number of hydrogen-bond donors (Lipinski definition) is 3. The molecule has 106 valence electrons. The Labute approximate surface area is 116 Å². The van der Waals surface area contributed by atoms with Crippen LogP contribution in [0.5, 0.6) is 0 Å². The summed E-state index contributed by atoms with van der Waals surface area (Å²) in [5, 5.41) is 21.8. The molecule has 3 N–H and O–H groups in total. The Kier molecular flexibility index (Phi) is 4.92. The molecule has 1 amide bonds. The van der Waals surface area contributed by atoms with Crippen LogP contribution in [0.4, 0.5) is 0 Å². The van der Waals surface area contributed by atoms with E-state index in [1.165, 1.54) is 6.26 Å². The fourth-order valence-electron chi connectivity index (χ4n) is 1.92. The van der Waals surface area contributed by atoms with Crippen molar-refractivity contribution >= 4 is 5.91 Å². The van der Waals surface area contributed by atoms with Gasteiger partial charge in [0.2, 0.25) is 5.91 Å².